The highest BCUT2D eigenvalue weighted by Crippen LogP contribution is 2.17. The Labute approximate surface area is 167 Å². The number of phenolic OH excluding ortho intramolecular Hbond substituents is 1. The second-order valence-electron chi connectivity index (χ2n) is 6.04. The summed E-state index contributed by atoms with van der Waals surface area (Å²) in [6, 6.07) is 22.7. The summed E-state index contributed by atoms with van der Waals surface area (Å²) in [5.41, 5.74) is 4.32. The largest absolute Gasteiger partial charge is 0.508 e. The van der Waals surface area contributed by atoms with E-state index in [1.165, 1.54) is 18.3 Å². The van der Waals surface area contributed by atoms with Crippen molar-refractivity contribution in [2.75, 3.05) is 5.32 Å². The van der Waals surface area contributed by atoms with Crippen LogP contribution in [0.1, 0.15) is 11.1 Å². The lowest BCUT2D eigenvalue weighted by molar-refractivity contribution is -0.136. The normalized spacial score (nSPS) is 10.5. The van der Waals surface area contributed by atoms with Crippen molar-refractivity contribution in [2.45, 2.75) is 6.61 Å². The van der Waals surface area contributed by atoms with Gasteiger partial charge >= 0.3 is 11.8 Å². The van der Waals surface area contributed by atoms with Gasteiger partial charge in [0.25, 0.3) is 0 Å². The number of hydrogen-bond donors (Lipinski definition) is 3. The van der Waals surface area contributed by atoms with E-state index in [2.05, 4.69) is 15.8 Å². The lowest BCUT2D eigenvalue weighted by Gasteiger charge is -2.08. The second-order valence-corrected chi connectivity index (χ2v) is 6.04. The third-order valence-electron chi connectivity index (χ3n) is 3.84. The molecule has 0 fully saturated rings. The Morgan fingerprint density at radius 3 is 2.28 bits per heavy atom. The van der Waals surface area contributed by atoms with E-state index in [1.807, 2.05) is 30.3 Å². The first-order valence-electron chi connectivity index (χ1n) is 8.80. The van der Waals surface area contributed by atoms with Crippen LogP contribution in [0, 0.1) is 0 Å². The number of anilines is 1. The Hall–Kier alpha value is -4.13. The summed E-state index contributed by atoms with van der Waals surface area (Å²) in [4.78, 5) is 23.8. The summed E-state index contributed by atoms with van der Waals surface area (Å²) < 4.78 is 5.68. The highest BCUT2D eigenvalue weighted by molar-refractivity contribution is 6.39. The number of nitrogens with one attached hydrogen (secondary N) is 2. The molecule has 0 aliphatic rings. The van der Waals surface area contributed by atoms with Crippen LogP contribution in [-0.4, -0.2) is 23.1 Å². The highest BCUT2D eigenvalue weighted by atomic mass is 16.5. The second kappa shape index (κ2) is 9.70. The molecule has 29 heavy (non-hydrogen) atoms. The van der Waals surface area contributed by atoms with Crippen molar-refractivity contribution in [3.05, 3.63) is 90.0 Å². The summed E-state index contributed by atoms with van der Waals surface area (Å²) in [5.74, 6) is -0.966. The maximum Gasteiger partial charge on any atom is 0.329 e. The van der Waals surface area contributed by atoms with Gasteiger partial charge in [0.2, 0.25) is 0 Å². The third kappa shape index (κ3) is 6.21. The van der Waals surface area contributed by atoms with Gasteiger partial charge in [0.15, 0.2) is 0 Å². The van der Waals surface area contributed by atoms with E-state index >= 15 is 0 Å². The number of aromatic hydroxyl groups is 1. The lowest BCUT2D eigenvalue weighted by atomic mass is 10.2. The number of carbonyl (C=O) groups is 2. The number of hydrogen-bond acceptors (Lipinski definition) is 5. The molecular weight excluding hydrogens is 370 g/mol. The SMILES string of the molecule is O=C(N/N=C\c1ccc(O)cc1)C(=O)Nc1ccc(OCc2ccccc2)cc1. The van der Waals surface area contributed by atoms with E-state index in [-0.39, 0.29) is 5.75 Å². The average molecular weight is 389 g/mol. The number of amides is 2. The number of ether oxygens (including phenoxy) is 1. The maximum absolute atomic E-state index is 11.9. The first kappa shape index (κ1) is 19.6. The molecule has 0 spiro atoms. The van der Waals surface area contributed by atoms with Gasteiger partial charge in [-0.25, -0.2) is 5.43 Å². The maximum atomic E-state index is 11.9. The predicted octanol–water partition coefficient (Wildman–Crippen LogP) is 3.06. The molecule has 3 aromatic carbocycles. The molecule has 0 saturated carbocycles. The van der Waals surface area contributed by atoms with Crippen LogP contribution in [0.5, 0.6) is 11.5 Å². The van der Waals surface area contributed by atoms with E-state index < -0.39 is 11.8 Å². The van der Waals surface area contributed by atoms with Gasteiger partial charge in [-0.1, -0.05) is 30.3 Å². The van der Waals surface area contributed by atoms with Gasteiger partial charge < -0.3 is 15.2 Å². The van der Waals surface area contributed by atoms with Gasteiger partial charge in [-0.2, -0.15) is 5.10 Å². The fourth-order valence-corrected chi connectivity index (χ4v) is 2.34. The van der Waals surface area contributed by atoms with Crippen LogP contribution in [0.15, 0.2) is 84.0 Å². The molecule has 0 heterocycles. The summed E-state index contributed by atoms with van der Waals surface area (Å²) in [6.45, 7) is 0.438. The van der Waals surface area contributed by atoms with Gasteiger partial charge in [-0.05, 0) is 59.7 Å². The van der Waals surface area contributed by atoms with Crippen molar-refractivity contribution in [3.63, 3.8) is 0 Å². The minimum Gasteiger partial charge on any atom is -0.508 e. The molecule has 3 aromatic rings. The van der Waals surface area contributed by atoms with Crippen LogP contribution in [0.3, 0.4) is 0 Å². The van der Waals surface area contributed by atoms with Crippen LogP contribution >= 0.6 is 0 Å². The first-order valence-corrected chi connectivity index (χ1v) is 8.80. The molecule has 7 heteroatoms. The molecule has 0 aliphatic heterocycles. The zero-order valence-electron chi connectivity index (χ0n) is 15.4. The van der Waals surface area contributed by atoms with Crippen molar-refractivity contribution >= 4 is 23.7 Å². The van der Waals surface area contributed by atoms with Gasteiger partial charge in [0.1, 0.15) is 18.1 Å². The fourth-order valence-electron chi connectivity index (χ4n) is 2.34. The van der Waals surface area contributed by atoms with Crippen molar-refractivity contribution in [1.82, 2.24) is 5.43 Å². The van der Waals surface area contributed by atoms with Crippen LogP contribution in [-0.2, 0) is 16.2 Å². The average Bonchev–Trinajstić information content (AvgIpc) is 2.75. The monoisotopic (exact) mass is 389 g/mol. The van der Waals surface area contributed by atoms with E-state index in [0.717, 1.165) is 5.56 Å². The highest BCUT2D eigenvalue weighted by Gasteiger charge is 2.12. The van der Waals surface area contributed by atoms with Crippen LogP contribution in [0.25, 0.3) is 0 Å². The molecule has 2 amide bonds. The zero-order valence-corrected chi connectivity index (χ0v) is 15.4. The van der Waals surface area contributed by atoms with Gasteiger partial charge in [0.05, 0.1) is 6.21 Å². The van der Waals surface area contributed by atoms with Gasteiger partial charge in [0, 0.05) is 5.69 Å². The molecule has 7 nitrogen and oxygen atoms in total. The molecule has 146 valence electrons. The summed E-state index contributed by atoms with van der Waals surface area (Å²) in [6.07, 6.45) is 1.36. The Balaban J connectivity index is 1.46. The Kier molecular flexibility index (Phi) is 6.57. The quantitative estimate of drug-likeness (QED) is 0.343. The van der Waals surface area contributed by atoms with Crippen molar-refractivity contribution in [1.29, 1.82) is 0 Å². The van der Waals surface area contributed by atoms with E-state index in [4.69, 9.17) is 4.74 Å². The number of benzene rings is 3. The summed E-state index contributed by atoms with van der Waals surface area (Å²) in [5, 5.41) is 15.4. The van der Waals surface area contributed by atoms with Crippen molar-refractivity contribution in [2.24, 2.45) is 5.10 Å². The molecule has 0 radical (unpaired) electrons. The van der Waals surface area contributed by atoms with Gasteiger partial charge in [-0.15, -0.1) is 0 Å². The Morgan fingerprint density at radius 1 is 0.897 bits per heavy atom. The van der Waals surface area contributed by atoms with Crippen molar-refractivity contribution < 1.29 is 19.4 Å². The Bertz CT molecular complexity index is 985. The third-order valence-corrected chi connectivity index (χ3v) is 3.84. The minimum absolute atomic E-state index is 0.127. The number of carbonyl (C=O) groups excluding carboxylic acids is 2. The minimum atomic E-state index is -0.899. The zero-order chi connectivity index (χ0) is 20.5. The predicted molar refractivity (Wildman–Crippen MR) is 110 cm³/mol. The topological polar surface area (TPSA) is 100 Å². The van der Waals surface area contributed by atoms with E-state index in [9.17, 15) is 14.7 Å². The number of phenols is 1. The van der Waals surface area contributed by atoms with Crippen LogP contribution < -0.4 is 15.5 Å². The smallest absolute Gasteiger partial charge is 0.329 e. The standard InChI is InChI=1S/C22H19N3O4/c26-19-10-6-16(7-11-19)14-23-25-22(28)21(27)24-18-8-12-20(13-9-18)29-15-17-4-2-1-3-5-17/h1-14,26H,15H2,(H,24,27)(H,25,28)/b23-14-. The number of nitrogens with zero attached hydrogens (tertiary/aromatic N) is 1. The molecule has 0 atom stereocenters. The Morgan fingerprint density at radius 2 is 1.59 bits per heavy atom. The molecule has 3 N–H and O–H groups in total. The van der Waals surface area contributed by atoms with Crippen LogP contribution in [0.4, 0.5) is 5.69 Å². The summed E-state index contributed by atoms with van der Waals surface area (Å²) >= 11 is 0. The first-order chi connectivity index (χ1) is 14.1. The molecule has 0 unspecified atom stereocenters. The molecule has 0 bridgehead atoms. The van der Waals surface area contributed by atoms with E-state index in [1.54, 1.807) is 36.4 Å². The number of rotatable bonds is 6. The van der Waals surface area contributed by atoms with Crippen molar-refractivity contribution in [3.8, 4) is 11.5 Å². The molecule has 0 saturated heterocycles. The molecule has 0 aliphatic carbocycles. The van der Waals surface area contributed by atoms with Gasteiger partial charge in [-0.3, -0.25) is 9.59 Å². The van der Waals surface area contributed by atoms with E-state index in [0.29, 0.717) is 23.6 Å². The molecular formula is C22H19N3O4. The van der Waals surface area contributed by atoms with Crippen LogP contribution in [0.2, 0.25) is 0 Å². The number of hydrazone groups is 1. The molecule has 0 aromatic heterocycles. The molecule has 3 rings (SSSR count). The fraction of sp³-hybridized carbons (Fsp3) is 0.0455. The summed E-state index contributed by atoms with van der Waals surface area (Å²) in [7, 11) is 0. The lowest BCUT2D eigenvalue weighted by Crippen LogP contribution is -2.32.